The van der Waals surface area contributed by atoms with Gasteiger partial charge in [0.2, 0.25) is 0 Å². The topological polar surface area (TPSA) is 48.7 Å². The van der Waals surface area contributed by atoms with Gasteiger partial charge in [-0.3, -0.25) is 0 Å². The molecule has 0 amide bonds. The van der Waals surface area contributed by atoms with E-state index in [1.54, 1.807) is 0 Å². The summed E-state index contributed by atoms with van der Waals surface area (Å²) in [4.78, 5) is 3.67. The Morgan fingerprint density at radius 3 is 2.59 bits per heavy atom. The molecule has 1 aromatic heterocycles. The number of hydrogen-bond donors (Lipinski definition) is 1. The summed E-state index contributed by atoms with van der Waals surface area (Å²) >= 11 is 0. The van der Waals surface area contributed by atoms with Gasteiger partial charge in [-0.05, 0) is 18.6 Å². The predicted octanol–water partition coefficient (Wildman–Crippen LogP) is 3.20. The van der Waals surface area contributed by atoms with Crippen LogP contribution in [0.25, 0.3) is 0 Å². The number of rotatable bonds is 4. The van der Waals surface area contributed by atoms with Crippen LogP contribution in [0.1, 0.15) is 25.3 Å². The molecule has 0 spiro atoms. The highest BCUT2D eigenvalue weighted by Crippen LogP contribution is 2.28. The number of nitrogens with zero attached hydrogens (tertiary/aromatic N) is 2. The van der Waals surface area contributed by atoms with Gasteiger partial charge in [0, 0.05) is 12.2 Å². The lowest BCUT2D eigenvalue weighted by Gasteiger charge is -2.14. The molecule has 0 saturated carbocycles. The average Bonchev–Trinajstić information content (AvgIpc) is 2.28. The first-order chi connectivity index (χ1) is 7.97. The van der Waals surface area contributed by atoms with Gasteiger partial charge in [-0.1, -0.05) is 6.92 Å². The summed E-state index contributed by atoms with van der Waals surface area (Å²) in [5, 5.41) is 11.4. The molecule has 17 heavy (non-hydrogen) atoms. The Bertz CT molecular complexity index is 392. The zero-order chi connectivity index (χ0) is 12.9. The van der Waals surface area contributed by atoms with Crippen LogP contribution in [0.5, 0.6) is 0 Å². The molecule has 0 aliphatic heterocycles. The van der Waals surface area contributed by atoms with E-state index in [4.69, 9.17) is 5.26 Å². The first-order valence-corrected chi connectivity index (χ1v) is 5.14. The molecular weight excluding hydrogens is 231 g/mol. The van der Waals surface area contributed by atoms with E-state index in [1.807, 2.05) is 13.0 Å². The van der Waals surface area contributed by atoms with Gasteiger partial charge < -0.3 is 5.32 Å². The predicted molar refractivity (Wildman–Crippen MR) is 57.2 cm³/mol. The Labute approximate surface area is 97.3 Å². The van der Waals surface area contributed by atoms with Crippen molar-refractivity contribution in [2.45, 2.75) is 32.0 Å². The lowest BCUT2D eigenvalue weighted by molar-refractivity contribution is -0.137. The minimum atomic E-state index is -4.37. The summed E-state index contributed by atoms with van der Waals surface area (Å²) in [6.07, 6.45) is -2.60. The van der Waals surface area contributed by atoms with Gasteiger partial charge >= 0.3 is 6.18 Å². The molecule has 0 radical (unpaired) electrons. The number of alkyl halides is 3. The number of nitriles is 1. The quantitative estimate of drug-likeness (QED) is 0.883. The summed E-state index contributed by atoms with van der Waals surface area (Å²) in [5.74, 6) is 0.347. The summed E-state index contributed by atoms with van der Waals surface area (Å²) in [7, 11) is 0. The third-order valence-electron chi connectivity index (χ3n) is 2.27. The van der Waals surface area contributed by atoms with Gasteiger partial charge in [0.25, 0.3) is 0 Å². The largest absolute Gasteiger partial charge is 0.417 e. The maximum atomic E-state index is 12.3. The lowest BCUT2D eigenvalue weighted by atomic mass is 10.1. The van der Waals surface area contributed by atoms with Crippen molar-refractivity contribution in [2.75, 3.05) is 5.32 Å². The zero-order valence-corrected chi connectivity index (χ0v) is 9.25. The highest BCUT2D eigenvalue weighted by molar-refractivity contribution is 5.37. The Hall–Kier alpha value is -1.77. The molecular formula is C11H12F3N3. The Kier molecular flexibility index (Phi) is 4.32. The van der Waals surface area contributed by atoms with Crippen molar-refractivity contribution < 1.29 is 13.2 Å². The molecule has 1 rings (SSSR count). The molecule has 0 unspecified atom stereocenters. The van der Waals surface area contributed by atoms with Crippen LogP contribution in [0.2, 0.25) is 0 Å². The fourth-order valence-electron chi connectivity index (χ4n) is 1.26. The van der Waals surface area contributed by atoms with E-state index in [-0.39, 0.29) is 6.04 Å². The molecule has 1 atom stereocenters. The van der Waals surface area contributed by atoms with E-state index in [0.29, 0.717) is 18.7 Å². The van der Waals surface area contributed by atoms with Gasteiger partial charge in [-0.2, -0.15) is 18.4 Å². The monoisotopic (exact) mass is 243 g/mol. The standard InChI is InChI=1S/C11H12F3N3/c1-2-9(5-6-15)17-10-4-3-8(7-16-10)11(12,13)14/h3-4,7,9H,2,5H2,1H3,(H,16,17)/t9-/m0/s1. The number of nitrogens with one attached hydrogen (secondary N) is 1. The van der Waals surface area contributed by atoms with Crippen LogP contribution in [-0.2, 0) is 6.18 Å². The molecule has 1 heterocycles. The van der Waals surface area contributed by atoms with Crippen molar-refractivity contribution in [1.29, 1.82) is 5.26 Å². The number of pyridine rings is 1. The van der Waals surface area contributed by atoms with Crippen LogP contribution >= 0.6 is 0 Å². The summed E-state index contributed by atoms with van der Waals surface area (Å²) in [6.45, 7) is 1.89. The third-order valence-corrected chi connectivity index (χ3v) is 2.27. The third kappa shape index (κ3) is 3.94. The smallest absolute Gasteiger partial charge is 0.366 e. The van der Waals surface area contributed by atoms with E-state index in [2.05, 4.69) is 10.3 Å². The van der Waals surface area contributed by atoms with Crippen molar-refractivity contribution >= 4 is 5.82 Å². The maximum Gasteiger partial charge on any atom is 0.417 e. The SMILES string of the molecule is CC[C@@H](CC#N)Nc1ccc(C(F)(F)F)cn1. The minimum absolute atomic E-state index is 0.0933. The lowest BCUT2D eigenvalue weighted by Crippen LogP contribution is -2.18. The molecule has 0 aliphatic rings. The van der Waals surface area contributed by atoms with E-state index < -0.39 is 11.7 Å². The highest BCUT2D eigenvalue weighted by atomic mass is 19.4. The molecule has 92 valence electrons. The van der Waals surface area contributed by atoms with Gasteiger partial charge in [0.1, 0.15) is 5.82 Å². The normalized spacial score (nSPS) is 12.9. The van der Waals surface area contributed by atoms with Gasteiger partial charge in [-0.25, -0.2) is 4.98 Å². The minimum Gasteiger partial charge on any atom is -0.366 e. The van der Waals surface area contributed by atoms with E-state index in [9.17, 15) is 13.2 Å². The fraction of sp³-hybridized carbons (Fsp3) is 0.455. The van der Waals surface area contributed by atoms with Crippen LogP contribution in [0, 0.1) is 11.3 Å². The van der Waals surface area contributed by atoms with Crippen molar-refractivity contribution in [1.82, 2.24) is 4.98 Å². The molecule has 0 saturated heterocycles. The van der Waals surface area contributed by atoms with Crippen molar-refractivity contribution in [3.05, 3.63) is 23.9 Å². The first kappa shape index (κ1) is 13.3. The van der Waals surface area contributed by atoms with Crippen molar-refractivity contribution in [2.24, 2.45) is 0 Å². The van der Waals surface area contributed by atoms with E-state index in [1.165, 1.54) is 6.07 Å². The van der Waals surface area contributed by atoms with Crippen molar-refractivity contribution in [3.8, 4) is 6.07 Å². The van der Waals surface area contributed by atoms with E-state index in [0.717, 1.165) is 12.3 Å². The van der Waals surface area contributed by atoms with Crippen LogP contribution in [0.15, 0.2) is 18.3 Å². The molecule has 0 aliphatic carbocycles. The van der Waals surface area contributed by atoms with Crippen LogP contribution in [0.4, 0.5) is 19.0 Å². The van der Waals surface area contributed by atoms with Gasteiger partial charge in [0.05, 0.1) is 18.1 Å². The molecule has 1 N–H and O–H groups in total. The second-order valence-corrected chi connectivity index (χ2v) is 3.54. The molecule has 0 aromatic carbocycles. The number of halogens is 3. The number of anilines is 1. The fourth-order valence-corrected chi connectivity index (χ4v) is 1.26. The first-order valence-electron chi connectivity index (χ1n) is 5.14. The van der Waals surface area contributed by atoms with Crippen LogP contribution in [0.3, 0.4) is 0 Å². The van der Waals surface area contributed by atoms with Gasteiger partial charge in [0.15, 0.2) is 0 Å². The maximum absolute atomic E-state index is 12.3. The molecule has 1 aromatic rings. The second kappa shape index (κ2) is 5.53. The molecule has 0 fully saturated rings. The summed E-state index contributed by atoms with van der Waals surface area (Å²) < 4.78 is 36.8. The van der Waals surface area contributed by atoms with E-state index >= 15 is 0 Å². The van der Waals surface area contributed by atoms with Crippen LogP contribution < -0.4 is 5.32 Å². The molecule has 3 nitrogen and oxygen atoms in total. The number of hydrogen-bond acceptors (Lipinski definition) is 3. The summed E-state index contributed by atoms with van der Waals surface area (Å²) in [5.41, 5.74) is -0.781. The second-order valence-electron chi connectivity index (χ2n) is 3.54. The zero-order valence-electron chi connectivity index (χ0n) is 9.25. The Morgan fingerprint density at radius 1 is 1.47 bits per heavy atom. The molecule has 0 bridgehead atoms. The average molecular weight is 243 g/mol. The van der Waals surface area contributed by atoms with Crippen molar-refractivity contribution in [3.63, 3.8) is 0 Å². The Balaban J connectivity index is 2.72. The molecule has 6 heteroatoms. The van der Waals surface area contributed by atoms with Gasteiger partial charge in [-0.15, -0.1) is 0 Å². The Morgan fingerprint density at radius 2 is 2.18 bits per heavy atom. The number of aromatic nitrogens is 1. The highest BCUT2D eigenvalue weighted by Gasteiger charge is 2.30. The summed E-state index contributed by atoms with van der Waals surface area (Å²) in [6, 6.07) is 4.14. The van der Waals surface area contributed by atoms with Crippen LogP contribution in [-0.4, -0.2) is 11.0 Å².